The van der Waals surface area contributed by atoms with Crippen LogP contribution >= 0.6 is 0 Å². The van der Waals surface area contributed by atoms with Crippen LogP contribution in [0.25, 0.3) is 0 Å². The van der Waals surface area contributed by atoms with E-state index in [1.165, 1.54) is 19.8 Å². The van der Waals surface area contributed by atoms with Crippen molar-refractivity contribution in [3.05, 3.63) is 0 Å². The molecule has 0 aromatic rings. The second-order valence-corrected chi connectivity index (χ2v) is 5.85. The third-order valence-corrected chi connectivity index (χ3v) is 4.22. The Bertz CT molecular complexity index is 328. The zero-order valence-electron chi connectivity index (χ0n) is 8.94. The Morgan fingerprint density at radius 3 is 2.60 bits per heavy atom. The van der Waals surface area contributed by atoms with Gasteiger partial charge in [0.15, 0.2) is 5.25 Å². The van der Waals surface area contributed by atoms with Crippen molar-refractivity contribution >= 4 is 10.0 Å². The Morgan fingerprint density at radius 1 is 1.47 bits per heavy atom. The van der Waals surface area contributed by atoms with Crippen LogP contribution in [0.2, 0.25) is 0 Å². The quantitative estimate of drug-likeness (QED) is 0.718. The molecule has 1 heterocycles. The van der Waals surface area contributed by atoms with Crippen molar-refractivity contribution in [1.82, 2.24) is 9.62 Å². The van der Waals surface area contributed by atoms with E-state index in [9.17, 15) is 8.42 Å². The van der Waals surface area contributed by atoms with Crippen molar-refractivity contribution in [3.8, 4) is 6.07 Å². The van der Waals surface area contributed by atoms with Crippen molar-refractivity contribution in [2.24, 2.45) is 0 Å². The summed E-state index contributed by atoms with van der Waals surface area (Å²) in [5, 5.41) is 7.53. The highest BCUT2D eigenvalue weighted by Crippen LogP contribution is 2.05. The van der Waals surface area contributed by atoms with Crippen LogP contribution in [0.5, 0.6) is 0 Å². The summed E-state index contributed by atoms with van der Waals surface area (Å²) in [6, 6.07) is 1.72. The molecule has 1 saturated heterocycles. The number of nitrogens with one attached hydrogen (secondary N) is 1. The predicted molar refractivity (Wildman–Crippen MR) is 57.7 cm³/mol. The average molecular weight is 231 g/mol. The predicted octanol–water partition coefficient (Wildman–Crippen LogP) is -0.0863. The lowest BCUT2D eigenvalue weighted by atomic mass is 10.4. The number of rotatable bonds is 5. The lowest BCUT2D eigenvalue weighted by Crippen LogP contribution is -2.37. The molecule has 0 aromatic carbocycles. The zero-order chi connectivity index (χ0) is 11.3. The molecule has 86 valence electrons. The van der Waals surface area contributed by atoms with Gasteiger partial charge in [0.2, 0.25) is 10.0 Å². The van der Waals surface area contributed by atoms with E-state index in [0.717, 1.165) is 19.6 Å². The van der Waals surface area contributed by atoms with Gasteiger partial charge in [-0.25, -0.2) is 13.1 Å². The highest BCUT2D eigenvalue weighted by atomic mass is 32.2. The first-order chi connectivity index (χ1) is 7.06. The summed E-state index contributed by atoms with van der Waals surface area (Å²) in [6.07, 6.45) is 2.39. The number of hydrogen-bond donors (Lipinski definition) is 1. The van der Waals surface area contributed by atoms with Crippen molar-refractivity contribution < 1.29 is 8.42 Å². The van der Waals surface area contributed by atoms with Gasteiger partial charge in [-0.2, -0.15) is 5.26 Å². The fraction of sp³-hybridized carbons (Fsp3) is 0.889. The molecule has 0 aromatic heterocycles. The van der Waals surface area contributed by atoms with Crippen LogP contribution in [0.3, 0.4) is 0 Å². The number of likely N-dealkylation sites (tertiary alicyclic amines) is 1. The minimum atomic E-state index is -3.44. The van der Waals surface area contributed by atoms with Gasteiger partial charge in [0, 0.05) is 13.1 Å². The van der Waals surface area contributed by atoms with E-state index in [4.69, 9.17) is 5.26 Å². The summed E-state index contributed by atoms with van der Waals surface area (Å²) >= 11 is 0. The van der Waals surface area contributed by atoms with Crippen molar-refractivity contribution in [1.29, 1.82) is 5.26 Å². The second kappa shape index (κ2) is 5.45. The molecule has 1 aliphatic heterocycles. The van der Waals surface area contributed by atoms with E-state index in [1.807, 2.05) is 0 Å². The number of sulfonamides is 1. The van der Waals surface area contributed by atoms with Gasteiger partial charge in [0.25, 0.3) is 0 Å². The standard InChI is InChI=1S/C9H17N3O2S/c1-9(8-10)15(13,14)11-4-7-12-5-2-3-6-12/h9,11H,2-7H2,1H3. The minimum Gasteiger partial charge on any atom is -0.302 e. The summed E-state index contributed by atoms with van der Waals surface area (Å²) < 4.78 is 25.2. The molecule has 0 bridgehead atoms. The third-order valence-electron chi connectivity index (χ3n) is 2.58. The highest BCUT2D eigenvalue weighted by Gasteiger charge is 2.19. The molecule has 1 fully saturated rings. The van der Waals surface area contributed by atoms with Gasteiger partial charge < -0.3 is 4.90 Å². The summed E-state index contributed by atoms with van der Waals surface area (Å²) in [4.78, 5) is 2.22. The van der Waals surface area contributed by atoms with Gasteiger partial charge in [0.05, 0.1) is 6.07 Å². The van der Waals surface area contributed by atoms with Crippen LogP contribution in [0, 0.1) is 11.3 Å². The molecule has 1 unspecified atom stereocenters. The maximum absolute atomic E-state index is 11.4. The average Bonchev–Trinajstić information content (AvgIpc) is 2.69. The molecule has 0 aliphatic carbocycles. The van der Waals surface area contributed by atoms with E-state index in [-0.39, 0.29) is 0 Å². The zero-order valence-corrected chi connectivity index (χ0v) is 9.76. The van der Waals surface area contributed by atoms with Gasteiger partial charge >= 0.3 is 0 Å². The summed E-state index contributed by atoms with van der Waals surface area (Å²) in [5.41, 5.74) is 0. The van der Waals surface area contributed by atoms with Gasteiger partial charge in [-0.15, -0.1) is 0 Å². The van der Waals surface area contributed by atoms with Gasteiger partial charge in [-0.05, 0) is 32.9 Å². The first-order valence-electron chi connectivity index (χ1n) is 5.17. The Hall–Kier alpha value is -0.640. The Morgan fingerprint density at radius 2 is 2.07 bits per heavy atom. The molecular formula is C9H17N3O2S. The SMILES string of the molecule is CC(C#N)S(=O)(=O)NCCN1CCCC1. The molecular weight excluding hydrogens is 214 g/mol. The molecule has 6 heteroatoms. The third kappa shape index (κ3) is 3.78. The summed E-state index contributed by atoms with van der Waals surface area (Å²) in [5.74, 6) is 0. The Kier molecular flexibility index (Phi) is 4.51. The Balaban J connectivity index is 2.27. The first-order valence-corrected chi connectivity index (χ1v) is 6.71. The van der Waals surface area contributed by atoms with Crippen LogP contribution in [0.15, 0.2) is 0 Å². The maximum atomic E-state index is 11.4. The minimum absolute atomic E-state index is 0.397. The van der Waals surface area contributed by atoms with Gasteiger partial charge in [0.1, 0.15) is 0 Å². The number of nitriles is 1. The van der Waals surface area contributed by atoms with Crippen LogP contribution in [0.1, 0.15) is 19.8 Å². The topological polar surface area (TPSA) is 73.2 Å². The number of hydrogen-bond acceptors (Lipinski definition) is 4. The highest BCUT2D eigenvalue weighted by molar-refractivity contribution is 7.90. The summed E-state index contributed by atoms with van der Waals surface area (Å²) in [6.45, 7) is 4.62. The molecule has 0 radical (unpaired) electrons. The molecule has 0 amide bonds. The largest absolute Gasteiger partial charge is 0.302 e. The van der Waals surface area contributed by atoms with Crippen LogP contribution in [0.4, 0.5) is 0 Å². The van der Waals surface area contributed by atoms with E-state index < -0.39 is 15.3 Å². The monoisotopic (exact) mass is 231 g/mol. The van der Waals surface area contributed by atoms with E-state index in [0.29, 0.717) is 6.54 Å². The maximum Gasteiger partial charge on any atom is 0.227 e. The lowest BCUT2D eigenvalue weighted by molar-refractivity contribution is 0.344. The fourth-order valence-corrected chi connectivity index (χ4v) is 2.31. The Labute approximate surface area is 91.1 Å². The van der Waals surface area contributed by atoms with Crippen LogP contribution < -0.4 is 4.72 Å². The molecule has 1 rings (SSSR count). The normalized spacial score (nSPS) is 20.0. The molecule has 15 heavy (non-hydrogen) atoms. The molecule has 1 atom stereocenters. The van der Waals surface area contributed by atoms with E-state index in [2.05, 4.69) is 9.62 Å². The first kappa shape index (κ1) is 12.4. The van der Waals surface area contributed by atoms with Crippen LogP contribution in [-0.2, 0) is 10.0 Å². The van der Waals surface area contributed by atoms with E-state index in [1.54, 1.807) is 6.07 Å². The van der Waals surface area contributed by atoms with Gasteiger partial charge in [-0.1, -0.05) is 0 Å². The van der Waals surface area contributed by atoms with Crippen molar-refractivity contribution in [2.45, 2.75) is 25.0 Å². The van der Waals surface area contributed by atoms with Crippen LogP contribution in [-0.4, -0.2) is 44.7 Å². The lowest BCUT2D eigenvalue weighted by Gasteiger charge is -2.15. The second-order valence-electron chi connectivity index (χ2n) is 3.76. The molecule has 1 aliphatic rings. The molecule has 0 saturated carbocycles. The molecule has 0 spiro atoms. The van der Waals surface area contributed by atoms with E-state index >= 15 is 0 Å². The summed E-state index contributed by atoms with van der Waals surface area (Å²) in [7, 11) is -3.44. The number of nitrogens with zero attached hydrogens (tertiary/aromatic N) is 2. The molecule has 5 nitrogen and oxygen atoms in total. The van der Waals surface area contributed by atoms with Gasteiger partial charge in [-0.3, -0.25) is 0 Å². The van der Waals surface area contributed by atoms with Crippen molar-refractivity contribution in [3.63, 3.8) is 0 Å². The smallest absolute Gasteiger partial charge is 0.227 e. The fourth-order valence-electron chi connectivity index (χ4n) is 1.55. The molecule has 1 N–H and O–H groups in total. The van der Waals surface area contributed by atoms with Crippen molar-refractivity contribution in [2.75, 3.05) is 26.2 Å².